The average molecular weight is 203 g/mol. The number of nitrogens with one attached hydrogen (secondary N) is 1. The Morgan fingerprint density at radius 3 is 2.67 bits per heavy atom. The van der Waals surface area contributed by atoms with Gasteiger partial charge in [0.15, 0.2) is 0 Å². The summed E-state index contributed by atoms with van der Waals surface area (Å²) in [5.74, 6) is 0.00852. The van der Waals surface area contributed by atoms with Gasteiger partial charge < -0.3 is 5.32 Å². The molecule has 1 aromatic rings. The molecule has 0 aliphatic heterocycles. The van der Waals surface area contributed by atoms with Crippen LogP contribution in [0.15, 0.2) is 43.0 Å². The molecule has 0 saturated carbocycles. The maximum absolute atomic E-state index is 11.5. The van der Waals surface area contributed by atoms with Gasteiger partial charge in [0.2, 0.25) is 0 Å². The smallest absolute Gasteiger partial charge is 0.251 e. The molecule has 0 heterocycles. The summed E-state index contributed by atoms with van der Waals surface area (Å²) in [6.45, 7) is 4.39. The topological polar surface area (TPSA) is 29.1 Å². The molecule has 0 aromatic heterocycles. The van der Waals surface area contributed by atoms with Crippen LogP contribution < -0.4 is 5.32 Å². The van der Waals surface area contributed by atoms with E-state index in [2.05, 4.69) is 11.9 Å². The van der Waals surface area contributed by atoms with E-state index in [1.54, 1.807) is 0 Å². The summed E-state index contributed by atoms with van der Waals surface area (Å²) in [7, 11) is 0. The lowest BCUT2D eigenvalue weighted by Crippen LogP contribution is -2.24. The maximum Gasteiger partial charge on any atom is 0.251 e. The first kappa shape index (κ1) is 11.5. The van der Waals surface area contributed by atoms with Gasteiger partial charge in [0, 0.05) is 12.1 Å². The van der Waals surface area contributed by atoms with Crippen LogP contribution in [0.2, 0.25) is 0 Å². The van der Waals surface area contributed by atoms with E-state index in [0.29, 0.717) is 0 Å². The van der Waals surface area contributed by atoms with Crippen molar-refractivity contribution in [3.63, 3.8) is 0 Å². The molecule has 1 aromatic carbocycles. The Hall–Kier alpha value is -1.57. The average Bonchev–Trinajstić information content (AvgIpc) is 2.30. The van der Waals surface area contributed by atoms with Crippen molar-refractivity contribution in [1.29, 1.82) is 0 Å². The molecule has 1 rings (SSSR count). The summed E-state index contributed by atoms with van der Waals surface area (Å²) < 4.78 is 0. The SMILES string of the molecule is C=CCCCCNC(=O)c1ccccc1. The molecule has 2 heteroatoms. The highest BCUT2D eigenvalue weighted by Crippen LogP contribution is 1.98. The Bertz CT molecular complexity index is 306. The van der Waals surface area contributed by atoms with Crippen molar-refractivity contribution < 1.29 is 4.79 Å². The molecule has 0 atom stereocenters. The first-order valence-corrected chi connectivity index (χ1v) is 5.28. The summed E-state index contributed by atoms with van der Waals surface area (Å²) in [6, 6.07) is 9.28. The standard InChI is InChI=1S/C13H17NO/c1-2-3-4-8-11-14-13(15)12-9-6-5-7-10-12/h2,5-7,9-10H,1,3-4,8,11H2,(H,14,15). The third-order valence-corrected chi connectivity index (χ3v) is 2.16. The number of hydrogen-bond donors (Lipinski definition) is 1. The molecule has 0 spiro atoms. The van der Waals surface area contributed by atoms with Gasteiger partial charge in [-0.2, -0.15) is 0 Å². The van der Waals surface area contributed by atoms with E-state index in [-0.39, 0.29) is 5.91 Å². The summed E-state index contributed by atoms with van der Waals surface area (Å²) in [6.07, 6.45) is 5.00. The Balaban J connectivity index is 2.22. The highest BCUT2D eigenvalue weighted by atomic mass is 16.1. The minimum Gasteiger partial charge on any atom is -0.352 e. The van der Waals surface area contributed by atoms with Gasteiger partial charge >= 0.3 is 0 Å². The highest BCUT2D eigenvalue weighted by Gasteiger charge is 2.01. The lowest BCUT2D eigenvalue weighted by atomic mass is 10.2. The largest absolute Gasteiger partial charge is 0.352 e. The summed E-state index contributed by atoms with van der Waals surface area (Å²) in [4.78, 5) is 11.5. The second-order valence-electron chi connectivity index (χ2n) is 3.41. The van der Waals surface area contributed by atoms with Crippen molar-refractivity contribution in [2.24, 2.45) is 0 Å². The van der Waals surface area contributed by atoms with Crippen molar-refractivity contribution in [3.05, 3.63) is 48.6 Å². The zero-order chi connectivity index (χ0) is 10.9. The molecule has 0 fully saturated rings. The highest BCUT2D eigenvalue weighted by molar-refractivity contribution is 5.94. The van der Waals surface area contributed by atoms with Crippen LogP contribution in [0.1, 0.15) is 29.6 Å². The van der Waals surface area contributed by atoms with Gasteiger partial charge in [0.25, 0.3) is 5.91 Å². The molecule has 80 valence electrons. The Kier molecular flexibility index (Phi) is 5.23. The van der Waals surface area contributed by atoms with Crippen LogP contribution in [0.25, 0.3) is 0 Å². The van der Waals surface area contributed by atoms with Crippen LogP contribution in [0, 0.1) is 0 Å². The third-order valence-electron chi connectivity index (χ3n) is 2.16. The van der Waals surface area contributed by atoms with Crippen molar-refractivity contribution >= 4 is 5.91 Å². The number of benzene rings is 1. The summed E-state index contributed by atoms with van der Waals surface area (Å²) in [5.41, 5.74) is 0.723. The second-order valence-corrected chi connectivity index (χ2v) is 3.41. The van der Waals surface area contributed by atoms with E-state index < -0.39 is 0 Å². The van der Waals surface area contributed by atoms with Crippen LogP contribution in [0.4, 0.5) is 0 Å². The molecule has 0 saturated heterocycles. The van der Waals surface area contributed by atoms with Gasteiger partial charge in [-0.25, -0.2) is 0 Å². The number of allylic oxidation sites excluding steroid dienone is 1. The van der Waals surface area contributed by atoms with Gasteiger partial charge in [-0.15, -0.1) is 6.58 Å². The first-order chi connectivity index (χ1) is 7.34. The molecular formula is C13H17NO. The number of unbranched alkanes of at least 4 members (excludes halogenated alkanes) is 2. The molecule has 0 radical (unpaired) electrons. The quantitative estimate of drug-likeness (QED) is 0.559. The van der Waals surface area contributed by atoms with Crippen LogP contribution in [0.5, 0.6) is 0 Å². The zero-order valence-corrected chi connectivity index (χ0v) is 8.91. The van der Waals surface area contributed by atoms with Crippen LogP contribution >= 0.6 is 0 Å². The van der Waals surface area contributed by atoms with Gasteiger partial charge in [0.1, 0.15) is 0 Å². The van der Waals surface area contributed by atoms with Crippen molar-refractivity contribution in [3.8, 4) is 0 Å². The van der Waals surface area contributed by atoms with Gasteiger partial charge in [0.05, 0.1) is 0 Å². The predicted molar refractivity (Wildman–Crippen MR) is 62.8 cm³/mol. The maximum atomic E-state index is 11.5. The Morgan fingerprint density at radius 1 is 1.27 bits per heavy atom. The summed E-state index contributed by atoms with van der Waals surface area (Å²) >= 11 is 0. The minimum absolute atomic E-state index is 0.00852. The zero-order valence-electron chi connectivity index (χ0n) is 8.91. The van der Waals surface area contributed by atoms with Crippen molar-refractivity contribution in [2.75, 3.05) is 6.54 Å². The van der Waals surface area contributed by atoms with Gasteiger partial charge in [-0.3, -0.25) is 4.79 Å². The molecule has 15 heavy (non-hydrogen) atoms. The first-order valence-electron chi connectivity index (χ1n) is 5.28. The normalized spacial score (nSPS) is 9.60. The molecule has 0 aliphatic rings. The fourth-order valence-corrected chi connectivity index (χ4v) is 1.31. The molecule has 1 N–H and O–H groups in total. The third kappa shape index (κ3) is 4.45. The van der Waals surface area contributed by atoms with Gasteiger partial charge in [-0.05, 0) is 31.4 Å². The van der Waals surface area contributed by atoms with Crippen LogP contribution in [0.3, 0.4) is 0 Å². The molecule has 2 nitrogen and oxygen atoms in total. The van der Waals surface area contributed by atoms with E-state index in [1.165, 1.54) is 0 Å². The number of amides is 1. The molecule has 0 bridgehead atoms. The van der Waals surface area contributed by atoms with Crippen molar-refractivity contribution in [1.82, 2.24) is 5.32 Å². The fraction of sp³-hybridized carbons (Fsp3) is 0.308. The summed E-state index contributed by atoms with van der Waals surface area (Å²) in [5, 5.41) is 2.88. The lowest BCUT2D eigenvalue weighted by molar-refractivity contribution is 0.0953. The predicted octanol–water partition coefficient (Wildman–Crippen LogP) is 2.77. The van der Waals surface area contributed by atoms with E-state index >= 15 is 0 Å². The van der Waals surface area contributed by atoms with Crippen LogP contribution in [-0.4, -0.2) is 12.5 Å². The number of hydrogen-bond acceptors (Lipinski definition) is 1. The molecule has 0 unspecified atom stereocenters. The number of carbonyl (C=O) groups excluding carboxylic acids is 1. The molecule has 0 aliphatic carbocycles. The number of rotatable bonds is 6. The van der Waals surface area contributed by atoms with E-state index in [9.17, 15) is 4.79 Å². The van der Waals surface area contributed by atoms with Crippen LogP contribution in [-0.2, 0) is 0 Å². The lowest BCUT2D eigenvalue weighted by Gasteiger charge is -2.03. The fourth-order valence-electron chi connectivity index (χ4n) is 1.31. The Labute approximate surface area is 91.0 Å². The number of carbonyl (C=O) groups is 1. The molecular weight excluding hydrogens is 186 g/mol. The Morgan fingerprint density at radius 2 is 2.00 bits per heavy atom. The van der Waals surface area contributed by atoms with E-state index in [4.69, 9.17) is 0 Å². The van der Waals surface area contributed by atoms with E-state index in [0.717, 1.165) is 31.4 Å². The van der Waals surface area contributed by atoms with E-state index in [1.807, 2.05) is 36.4 Å². The molecule has 1 amide bonds. The second kappa shape index (κ2) is 6.82. The van der Waals surface area contributed by atoms with Crippen molar-refractivity contribution in [2.45, 2.75) is 19.3 Å². The monoisotopic (exact) mass is 203 g/mol. The van der Waals surface area contributed by atoms with Gasteiger partial charge in [-0.1, -0.05) is 24.3 Å². The minimum atomic E-state index is 0.00852.